The van der Waals surface area contributed by atoms with Gasteiger partial charge in [-0.25, -0.2) is 8.42 Å². The molecule has 0 aliphatic rings. The number of likely N-dealkylation sites (N-methyl/N-ethyl adjacent to an activating group) is 1. The minimum atomic E-state index is -3.81. The highest BCUT2D eigenvalue weighted by molar-refractivity contribution is 7.92. The van der Waals surface area contributed by atoms with Crippen LogP contribution in [0.15, 0.2) is 42.5 Å². The van der Waals surface area contributed by atoms with E-state index in [1.54, 1.807) is 32.0 Å². The summed E-state index contributed by atoms with van der Waals surface area (Å²) in [7, 11) is -3.81. The molecule has 0 heterocycles. The standard InChI is InChI=1S/C21H24Cl3N3O4S/c1-4-25-21(29)14(2)26(12-17-18(23)6-5-7-19(17)24)20(28)13-27(32(3,30)31)16-10-8-15(22)9-11-16/h5-11,14H,4,12-13H2,1-3H3,(H,25,29)/t14-/m1/s1. The SMILES string of the molecule is CCNC(=O)[C@@H](C)N(Cc1c(Cl)cccc1Cl)C(=O)CN(c1ccc(Cl)cc1)S(C)(=O)=O. The lowest BCUT2D eigenvalue weighted by Gasteiger charge is -2.31. The Bertz CT molecular complexity index is 1060. The van der Waals surface area contributed by atoms with E-state index in [0.717, 1.165) is 10.6 Å². The molecule has 1 N–H and O–H groups in total. The summed E-state index contributed by atoms with van der Waals surface area (Å²) in [5, 5.41) is 3.76. The number of hydrogen-bond donors (Lipinski definition) is 1. The Balaban J connectivity index is 2.43. The van der Waals surface area contributed by atoms with Gasteiger partial charge in [0.15, 0.2) is 0 Å². The lowest BCUT2D eigenvalue weighted by atomic mass is 10.1. The van der Waals surface area contributed by atoms with E-state index in [1.807, 2.05) is 0 Å². The Kier molecular flexibility index (Phi) is 9.21. The molecule has 2 aromatic rings. The summed E-state index contributed by atoms with van der Waals surface area (Å²) in [6.45, 7) is 3.09. The van der Waals surface area contributed by atoms with Crippen LogP contribution in [0.25, 0.3) is 0 Å². The van der Waals surface area contributed by atoms with Gasteiger partial charge in [-0.1, -0.05) is 40.9 Å². The minimum Gasteiger partial charge on any atom is -0.355 e. The summed E-state index contributed by atoms with van der Waals surface area (Å²) in [5.41, 5.74) is 0.726. The first-order valence-corrected chi connectivity index (χ1v) is 12.7. The van der Waals surface area contributed by atoms with E-state index in [-0.39, 0.29) is 18.1 Å². The Labute approximate surface area is 203 Å². The molecule has 0 saturated carbocycles. The summed E-state index contributed by atoms with van der Waals surface area (Å²) in [6, 6.07) is 10.1. The maximum Gasteiger partial charge on any atom is 0.244 e. The number of carbonyl (C=O) groups is 2. The third-order valence-electron chi connectivity index (χ3n) is 4.70. The number of nitrogens with one attached hydrogen (secondary N) is 1. The lowest BCUT2D eigenvalue weighted by molar-refractivity contribution is -0.139. The highest BCUT2D eigenvalue weighted by atomic mass is 35.5. The van der Waals surface area contributed by atoms with E-state index in [4.69, 9.17) is 34.8 Å². The topological polar surface area (TPSA) is 86.8 Å². The highest BCUT2D eigenvalue weighted by Gasteiger charge is 2.30. The van der Waals surface area contributed by atoms with Crippen LogP contribution in [0.5, 0.6) is 0 Å². The highest BCUT2D eigenvalue weighted by Crippen LogP contribution is 2.27. The smallest absolute Gasteiger partial charge is 0.244 e. The van der Waals surface area contributed by atoms with E-state index >= 15 is 0 Å². The predicted octanol–water partition coefficient (Wildman–Crippen LogP) is 3.97. The molecular formula is C21H24Cl3N3O4S. The fourth-order valence-electron chi connectivity index (χ4n) is 2.98. The van der Waals surface area contributed by atoms with Gasteiger partial charge >= 0.3 is 0 Å². The normalized spacial score (nSPS) is 12.2. The quantitative estimate of drug-likeness (QED) is 0.542. The van der Waals surface area contributed by atoms with E-state index in [9.17, 15) is 18.0 Å². The first-order chi connectivity index (χ1) is 15.0. The van der Waals surface area contributed by atoms with Crippen molar-refractivity contribution in [1.82, 2.24) is 10.2 Å². The largest absolute Gasteiger partial charge is 0.355 e. The zero-order valence-corrected chi connectivity index (χ0v) is 20.9. The van der Waals surface area contributed by atoms with Crippen molar-refractivity contribution in [2.75, 3.05) is 23.7 Å². The van der Waals surface area contributed by atoms with Gasteiger partial charge in [-0.2, -0.15) is 0 Å². The van der Waals surface area contributed by atoms with Gasteiger partial charge in [-0.15, -0.1) is 0 Å². The Morgan fingerprint density at radius 3 is 2.09 bits per heavy atom. The Hall–Kier alpha value is -2.00. The zero-order valence-electron chi connectivity index (χ0n) is 17.8. The van der Waals surface area contributed by atoms with Crippen LogP contribution < -0.4 is 9.62 Å². The van der Waals surface area contributed by atoms with Crippen LogP contribution in [0, 0.1) is 0 Å². The summed E-state index contributed by atoms with van der Waals surface area (Å²) in [5.74, 6) is -0.985. The average Bonchev–Trinajstić information content (AvgIpc) is 2.71. The second-order valence-corrected chi connectivity index (χ2v) is 10.2. The number of anilines is 1. The van der Waals surface area contributed by atoms with Gasteiger partial charge in [0.2, 0.25) is 21.8 Å². The fraction of sp³-hybridized carbons (Fsp3) is 0.333. The van der Waals surface area contributed by atoms with E-state index in [2.05, 4.69) is 5.32 Å². The zero-order chi connectivity index (χ0) is 24.1. The molecule has 2 rings (SSSR count). The molecule has 0 unspecified atom stereocenters. The van der Waals surface area contributed by atoms with Gasteiger partial charge in [0.25, 0.3) is 0 Å². The van der Waals surface area contributed by atoms with Crippen molar-refractivity contribution in [2.24, 2.45) is 0 Å². The second-order valence-electron chi connectivity index (χ2n) is 7.04. The van der Waals surface area contributed by atoms with Crippen LogP contribution in [-0.4, -0.2) is 50.5 Å². The maximum absolute atomic E-state index is 13.3. The summed E-state index contributed by atoms with van der Waals surface area (Å²) in [6.07, 6.45) is 0.997. The van der Waals surface area contributed by atoms with Crippen LogP contribution >= 0.6 is 34.8 Å². The van der Waals surface area contributed by atoms with Crippen molar-refractivity contribution in [1.29, 1.82) is 0 Å². The van der Waals surface area contributed by atoms with Crippen molar-refractivity contribution in [3.8, 4) is 0 Å². The first-order valence-electron chi connectivity index (χ1n) is 9.69. The van der Waals surface area contributed by atoms with Gasteiger partial charge in [0.1, 0.15) is 12.6 Å². The van der Waals surface area contributed by atoms with Crippen LogP contribution in [0.2, 0.25) is 15.1 Å². The van der Waals surface area contributed by atoms with Crippen molar-refractivity contribution in [3.05, 3.63) is 63.1 Å². The van der Waals surface area contributed by atoms with Crippen molar-refractivity contribution < 1.29 is 18.0 Å². The number of halogens is 3. The number of sulfonamides is 1. The van der Waals surface area contributed by atoms with Crippen molar-refractivity contribution in [2.45, 2.75) is 26.4 Å². The average molecular weight is 521 g/mol. The van der Waals surface area contributed by atoms with E-state index in [1.165, 1.54) is 29.2 Å². The minimum absolute atomic E-state index is 0.0755. The number of rotatable bonds is 9. The van der Waals surface area contributed by atoms with Gasteiger partial charge in [0.05, 0.1) is 11.9 Å². The van der Waals surface area contributed by atoms with Crippen LogP contribution in [0.1, 0.15) is 19.4 Å². The van der Waals surface area contributed by atoms with Gasteiger partial charge in [-0.05, 0) is 50.2 Å². The predicted molar refractivity (Wildman–Crippen MR) is 129 cm³/mol. The number of amides is 2. The van der Waals surface area contributed by atoms with Crippen LogP contribution in [-0.2, 0) is 26.2 Å². The third kappa shape index (κ3) is 6.75. The molecule has 174 valence electrons. The van der Waals surface area contributed by atoms with Gasteiger partial charge < -0.3 is 10.2 Å². The van der Waals surface area contributed by atoms with Crippen LogP contribution in [0.4, 0.5) is 5.69 Å². The Morgan fingerprint density at radius 2 is 1.59 bits per heavy atom. The third-order valence-corrected chi connectivity index (χ3v) is 6.80. The van der Waals surface area contributed by atoms with Crippen molar-refractivity contribution >= 4 is 62.3 Å². The molecule has 2 aromatic carbocycles. The molecule has 32 heavy (non-hydrogen) atoms. The molecular weight excluding hydrogens is 497 g/mol. The maximum atomic E-state index is 13.3. The molecule has 0 radical (unpaired) electrons. The molecule has 0 aliphatic heterocycles. The van der Waals surface area contributed by atoms with Gasteiger partial charge in [0, 0.05) is 33.7 Å². The number of benzene rings is 2. The number of carbonyl (C=O) groups excluding carboxylic acids is 2. The molecule has 0 aliphatic carbocycles. The molecule has 0 spiro atoms. The first kappa shape index (κ1) is 26.3. The molecule has 11 heteroatoms. The lowest BCUT2D eigenvalue weighted by Crippen LogP contribution is -2.51. The monoisotopic (exact) mass is 519 g/mol. The summed E-state index contributed by atoms with van der Waals surface area (Å²) >= 11 is 18.4. The number of hydrogen-bond acceptors (Lipinski definition) is 4. The van der Waals surface area contributed by atoms with Gasteiger partial charge in [-0.3, -0.25) is 13.9 Å². The molecule has 0 saturated heterocycles. The fourth-order valence-corrected chi connectivity index (χ4v) is 4.47. The molecule has 0 bridgehead atoms. The summed E-state index contributed by atoms with van der Waals surface area (Å²) in [4.78, 5) is 27.1. The molecule has 7 nitrogen and oxygen atoms in total. The number of nitrogens with zero attached hydrogens (tertiary/aromatic N) is 2. The molecule has 0 aromatic heterocycles. The van der Waals surface area contributed by atoms with E-state index < -0.39 is 28.5 Å². The molecule has 1 atom stereocenters. The Morgan fingerprint density at radius 1 is 1.03 bits per heavy atom. The molecule has 2 amide bonds. The summed E-state index contributed by atoms with van der Waals surface area (Å²) < 4.78 is 25.9. The second kappa shape index (κ2) is 11.2. The van der Waals surface area contributed by atoms with Crippen molar-refractivity contribution in [3.63, 3.8) is 0 Å². The van der Waals surface area contributed by atoms with Crippen LogP contribution in [0.3, 0.4) is 0 Å². The van der Waals surface area contributed by atoms with E-state index in [0.29, 0.717) is 27.2 Å². The molecule has 0 fully saturated rings.